The van der Waals surface area contributed by atoms with Crippen LogP contribution in [0.2, 0.25) is 0 Å². The van der Waals surface area contributed by atoms with Crippen LogP contribution in [0.1, 0.15) is 29.2 Å². The molecule has 14 heavy (non-hydrogen) atoms. The maximum absolute atomic E-state index is 9.96. The van der Waals surface area contributed by atoms with E-state index in [0.29, 0.717) is 5.75 Å². The van der Waals surface area contributed by atoms with Crippen LogP contribution in [0.5, 0.6) is 11.5 Å². The van der Waals surface area contributed by atoms with Gasteiger partial charge in [0, 0.05) is 12.0 Å². The van der Waals surface area contributed by atoms with Gasteiger partial charge in [0.25, 0.3) is 0 Å². The average Bonchev–Trinajstić information content (AvgIpc) is 2.54. The van der Waals surface area contributed by atoms with Crippen molar-refractivity contribution >= 4 is 0 Å². The van der Waals surface area contributed by atoms with E-state index >= 15 is 0 Å². The van der Waals surface area contributed by atoms with Gasteiger partial charge in [-0.25, -0.2) is 0 Å². The quantitative estimate of drug-likeness (QED) is 0.684. The predicted octanol–water partition coefficient (Wildman–Crippen LogP) is 2.64. The van der Waals surface area contributed by atoms with Crippen molar-refractivity contribution in [2.75, 3.05) is 0 Å². The van der Waals surface area contributed by atoms with Gasteiger partial charge in [-0.3, -0.25) is 0 Å². The van der Waals surface area contributed by atoms with Gasteiger partial charge < -0.3 is 9.84 Å². The van der Waals surface area contributed by atoms with Gasteiger partial charge in [0.15, 0.2) is 0 Å². The molecule has 2 nitrogen and oxygen atoms in total. The lowest BCUT2D eigenvalue weighted by atomic mass is 9.96. The van der Waals surface area contributed by atoms with Gasteiger partial charge >= 0.3 is 0 Å². The highest BCUT2D eigenvalue weighted by Gasteiger charge is 2.26. The summed E-state index contributed by atoms with van der Waals surface area (Å²) in [5.41, 5.74) is 4.27. The number of phenolic OH excluding ortho intramolecular Hbond substituents is 1. The summed E-state index contributed by atoms with van der Waals surface area (Å²) in [6, 6.07) is 0. The topological polar surface area (TPSA) is 29.5 Å². The largest absolute Gasteiger partial charge is 0.507 e. The van der Waals surface area contributed by atoms with Crippen molar-refractivity contribution in [3.63, 3.8) is 0 Å². The lowest BCUT2D eigenvalue weighted by molar-refractivity contribution is 0.253. The molecule has 0 aliphatic carbocycles. The van der Waals surface area contributed by atoms with Gasteiger partial charge in [0.05, 0.1) is 0 Å². The molecule has 1 atom stereocenters. The Labute approximate surface area is 84.5 Å². The van der Waals surface area contributed by atoms with Crippen LogP contribution in [0.15, 0.2) is 0 Å². The first-order valence-electron chi connectivity index (χ1n) is 5.00. The van der Waals surface area contributed by atoms with Crippen LogP contribution in [-0.2, 0) is 6.42 Å². The third-order valence-electron chi connectivity index (χ3n) is 3.19. The van der Waals surface area contributed by atoms with Crippen LogP contribution in [0.4, 0.5) is 0 Å². The van der Waals surface area contributed by atoms with Gasteiger partial charge in [-0.15, -0.1) is 0 Å². The molecule has 0 radical (unpaired) electrons. The first kappa shape index (κ1) is 9.38. The summed E-state index contributed by atoms with van der Waals surface area (Å²) in [5.74, 6) is 1.32. The number of benzene rings is 1. The lowest BCUT2D eigenvalue weighted by Crippen LogP contribution is -2.05. The summed E-state index contributed by atoms with van der Waals surface area (Å²) >= 11 is 0. The van der Waals surface area contributed by atoms with Crippen molar-refractivity contribution < 1.29 is 9.84 Å². The fourth-order valence-corrected chi connectivity index (χ4v) is 2.07. The van der Waals surface area contributed by atoms with Crippen LogP contribution in [-0.4, -0.2) is 11.2 Å². The number of rotatable bonds is 0. The molecule has 0 saturated carbocycles. The average molecular weight is 192 g/mol. The summed E-state index contributed by atoms with van der Waals surface area (Å²) in [5, 5.41) is 9.96. The lowest BCUT2D eigenvalue weighted by Gasteiger charge is -2.12. The zero-order valence-electron chi connectivity index (χ0n) is 9.14. The van der Waals surface area contributed by atoms with Gasteiger partial charge in [0.1, 0.15) is 17.6 Å². The third kappa shape index (κ3) is 1.10. The molecule has 1 aromatic rings. The minimum Gasteiger partial charge on any atom is -0.507 e. The standard InChI is InChI=1S/C12H16O2/c1-6-5-10-11(13)8(3)7(2)9(4)12(10)14-6/h6,13H,5H2,1-4H3. The first-order chi connectivity index (χ1) is 6.52. The molecular formula is C12H16O2. The molecule has 1 heterocycles. The molecule has 0 spiro atoms. The number of ether oxygens (including phenoxy) is 1. The molecule has 1 aromatic carbocycles. The molecule has 0 amide bonds. The molecule has 76 valence electrons. The zero-order chi connectivity index (χ0) is 10.5. The molecule has 1 aliphatic heterocycles. The molecule has 0 fully saturated rings. The van der Waals surface area contributed by atoms with Gasteiger partial charge in [-0.2, -0.15) is 0 Å². The Bertz CT molecular complexity index is 357. The van der Waals surface area contributed by atoms with Crippen LogP contribution in [0, 0.1) is 20.8 Å². The van der Waals surface area contributed by atoms with Crippen molar-refractivity contribution in [1.82, 2.24) is 0 Å². The summed E-state index contributed by atoms with van der Waals surface area (Å²) in [6.07, 6.45) is 1.01. The van der Waals surface area contributed by atoms with Crippen molar-refractivity contribution in [2.24, 2.45) is 0 Å². The Balaban J connectivity index is 2.70. The SMILES string of the molecule is Cc1c(C)c(O)c2c(c1C)OC(C)C2. The Morgan fingerprint density at radius 1 is 1.14 bits per heavy atom. The van der Waals surface area contributed by atoms with Crippen molar-refractivity contribution in [3.8, 4) is 11.5 Å². The van der Waals surface area contributed by atoms with Gasteiger partial charge in [-0.1, -0.05) is 0 Å². The van der Waals surface area contributed by atoms with E-state index in [9.17, 15) is 5.11 Å². The number of phenols is 1. The van der Waals surface area contributed by atoms with Crippen molar-refractivity contribution in [3.05, 3.63) is 22.3 Å². The molecule has 0 aromatic heterocycles. The molecule has 1 aliphatic rings. The number of aromatic hydroxyl groups is 1. The van der Waals surface area contributed by atoms with Gasteiger partial charge in [-0.05, 0) is 44.4 Å². The van der Waals surface area contributed by atoms with E-state index in [1.807, 2.05) is 20.8 Å². The summed E-state index contributed by atoms with van der Waals surface area (Å²) in [6.45, 7) is 8.07. The van der Waals surface area contributed by atoms with E-state index in [2.05, 4.69) is 6.92 Å². The van der Waals surface area contributed by atoms with E-state index in [1.165, 1.54) is 5.56 Å². The second kappa shape index (κ2) is 2.91. The van der Waals surface area contributed by atoms with E-state index in [0.717, 1.165) is 28.9 Å². The van der Waals surface area contributed by atoms with Crippen molar-refractivity contribution in [2.45, 2.75) is 40.2 Å². The Hall–Kier alpha value is -1.18. The maximum atomic E-state index is 9.96. The van der Waals surface area contributed by atoms with Crippen LogP contribution in [0.3, 0.4) is 0 Å². The highest BCUT2D eigenvalue weighted by atomic mass is 16.5. The van der Waals surface area contributed by atoms with Crippen LogP contribution < -0.4 is 4.74 Å². The molecular weight excluding hydrogens is 176 g/mol. The third-order valence-corrected chi connectivity index (χ3v) is 3.19. The number of hydrogen-bond donors (Lipinski definition) is 1. The second-order valence-electron chi connectivity index (χ2n) is 4.16. The fraction of sp³-hybridized carbons (Fsp3) is 0.500. The normalized spacial score (nSPS) is 19.3. The number of hydrogen-bond acceptors (Lipinski definition) is 2. The zero-order valence-corrected chi connectivity index (χ0v) is 9.14. The second-order valence-corrected chi connectivity index (χ2v) is 4.16. The number of fused-ring (bicyclic) bond motifs is 1. The van der Waals surface area contributed by atoms with E-state index in [-0.39, 0.29) is 6.10 Å². The molecule has 2 heteroatoms. The predicted molar refractivity (Wildman–Crippen MR) is 56.1 cm³/mol. The van der Waals surface area contributed by atoms with Crippen LogP contribution in [0.25, 0.3) is 0 Å². The Kier molecular flexibility index (Phi) is 1.95. The van der Waals surface area contributed by atoms with E-state index in [4.69, 9.17) is 4.74 Å². The molecule has 2 rings (SSSR count). The maximum Gasteiger partial charge on any atom is 0.129 e. The Morgan fingerprint density at radius 3 is 2.43 bits per heavy atom. The summed E-state index contributed by atoms with van der Waals surface area (Å²) in [7, 11) is 0. The molecule has 0 saturated heterocycles. The highest BCUT2D eigenvalue weighted by molar-refractivity contribution is 5.59. The van der Waals surface area contributed by atoms with Crippen molar-refractivity contribution in [1.29, 1.82) is 0 Å². The molecule has 1 N–H and O–H groups in total. The monoisotopic (exact) mass is 192 g/mol. The summed E-state index contributed by atoms with van der Waals surface area (Å²) in [4.78, 5) is 0. The minimum atomic E-state index is 0.191. The Morgan fingerprint density at radius 2 is 1.79 bits per heavy atom. The molecule has 1 unspecified atom stereocenters. The van der Waals surface area contributed by atoms with Gasteiger partial charge in [0.2, 0.25) is 0 Å². The fourth-order valence-electron chi connectivity index (χ4n) is 2.07. The highest BCUT2D eigenvalue weighted by Crippen LogP contribution is 2.42. The smallest absolute Gasteiger partial charge is 0.129 e. The summed E-state index contributed by atoms with van der Waals surface area (Å²) < 4.78 is 5.69. The first-order valence-corrected chi connectivity index (χ1v) is 5.00. The van der Waals surface area contributed by atoms with E-state index < -0.39 is 0 Å². The van der Waals surface area contributed by atoms with E-state index in [1.54, 1.807) is 0 Å². The van der Waals surface area contributed by atoms with Crippen LogP contribution >= 0.6 is 0 Å². The minimum absolute atomic E-state index is 0.191. The molecule has 0 bridgehead atoms.